The Morgan fingerprint density at radius 3 is 2.57 bits per heavy atom. The third kappa shape index (κ3) is 5.93. The monoisotopic (exact) mass is 355 g/mol. The highest BCUT2D eigenvalue weighted by Crippen LogP contribution is 2.15. The average Bonchev–Trinajstić information content (AvgIpc) is 3.05. The SMILES string of the molecule is O=[N+]([O-])c1ccc(NC(=S)NNC(=S)NC[C@H]2CCCO2)cc1. The fourth-order valence-corrected chi connectivity index (χ4v) is 2.30. The minimum absolute atomic E-state index is 0.0204. The topological polar surface area (TPSA) is 100 Å². The van der Waals surface area contributed by atoms with E-state index in [0.717, 1.165) is 19.4 Å². The molecule has 1 heterocycles. The zero-order chi connectivity index (χ0) is 16.7. The second-order valence-corrected chi connectivity index (χ2v) is 5.67. The largest absolute Gasteiger partial charge is 0.376 e. The summed E-state index contributed by atoms with van der Waals surface area (Å²) in [6, 6.07) is 5.93. The molecule has 0 spiro atoms. The highest BCUT2D eigenvalue weighted by molar-refractivity contribution is 7.80. The van der Waals surface area contributed by atoms with Gasteiger partial charge in [-0.05, 0) is 49.4 Å². The van der Waals surface area contributed by atoms with Gasteiger partial charge in [0.05, 0.1) is 11.0 Å². The molecule has 23 heavy (non-hydrogen) atoms. The van der Waals surface area contributed by atoms with Crippen LogP contribution in [0.2, 0.25) is 0 Å². The fraction of sp³-hybridized carbons (Fsp3) is 0.385. The van der Waals surface area contributed by atoms with Gasteiger partial charge in [-0.15, -0.1) is 0 Å². The number of ether oxygens (including phenoxy) is 1. The van der Waals surface area contributed by atoms with Gasteiger partial charge in [0.1, 0.15) is 0 Å². The van der Waals surface area contributed by atoms with E-state index in [1.807, 2.05) is 0 Å². The van der Waals surface area contributed by atoms with Gasteiger partial charge in [0.2, 0.25) is 0 Å². The molecule has 0 unspecified atom stereocenters. The number of hydrogen-bond donors (Lipinski definition) is 4. The lowest BCUT2D eigenvalue weighted by Gasteiger charge is -2.16. The summed E-state index contributed by atoms with van der Waals surface area (Å²) in [5.74, 6) is 0. The molecular formula is C13H17N5O3S2. The predicted molar refractivity (Wildman–Crippen MR) is 95.2 cm³/mol. The van der Waals surface area contributed by atoms with Gasteiger partial charge in [0, 0.05) is 31.0 Å². The third-order valence-electron chi connectivity index (χ3n) is 3.14. The number of nitro benzene ring substituents is 1. The Labute approximate surface area is 144 Å². The zero-order valence-corrected chi connectivity index (χ0v) is 13.8. The van der Waals surface area contributed by atoms with Gasteiger partial charge in [-0.1, -0.05) is 0 Å². The number of thiocarbonyl (C=S) groups is 2. The van der Waals surface area contributed by atoms with Crippen molar-refractivity contribution in [1.29, 1.82) is 0 Å². The molecule has 1 aliphatic rings. The number of hydrogen-bond acceptors (Lipinski definition) is 5. The van der Waals surface area contributed by atoms with Crippen molar-refractivity contribution in [3.63, 3.8) is 0 Å². The summed E-state index contributed by atoms with van der Waals surface area (Å²) in [5, 5.41) is 17.2. The lowest BCUT2D eigenvalue weighted by atomic mass is 10.2. The molecule has 0 aliphatic carbocycles. The lowest BCUT2D eigenvalue weighted by molar-refractivity contribution is -0.384. The molecule has 0 aromatic heterocycles. The Balaban J connectivity index is 1.67. The van der Waals surface area contributed by atoms with E-state index >= 15 is 0 Å². The van der Waals surface area contributed by atoms with Crippen molar-refractivity contribution in [2.75, 3.05) is 18.5 Å². The van der Waals surface area contributed by atoms with Gasteiger partial charge in [-0.25, -0.2) is 0 Å². The minimum atomic E-state index is -0.458. The maximum absolute atomic E-state index is 10.6. The van der Waals surface area contributed by atoms with Crippen molar-refractivity contribution < 1.29 is 9.66 Å². The van der Waals surface area contributed by atoms with Gasteiger partial charge in [0.15, 0.2) is 10.2 Å². The van der Waals surface area contributed by atoms with Crippen LogP contribution in [0.4, 0.5) is 11.4 Å². The number of benzene rings is 1. The number of rotatable bonds is 4. The molecule has 2 rings (SSSR count). The Bertz CT molecular complexity index is 575. The van der Waals surface area contributed by atoms with Crippen LogP contribution in [0.25, 0.3) is 0 Å². The van der Waals surface area contributed by atoms with Crippen molar-refractivity contribution in [2.45, 2.75) is 18.9 Å². The summed E-state index contributed by atoms with van der Waals surface area (Å²) in [4.78, 5) is 10.1. The highest BCUT2D eigenvalue weighted by Gasteiger charge is 2.15. The molecule has 0 bridgehead atoms. The molecule has 1 atom stereocenters. The zero-order valence-electron chi connectivity index (χ0n) is 12.2. The third-order valence-corrected chi connectivity index (χ3v) is 3.59. The highest BCUT2D eigenvalue weighted by atomic mass is 32.1. The number of hydrazine groups is 1. The van der Waals surface area contributed by atoms with E-state index in [0.29, 0.717) is 22.5 Å². The molecule has 1 fully saturated rings. The molecule has 1 aliphatic heterocycles. The van der Waals surface area contributed by atoms with Crippen molar-refractivity contribution in [3.8, 4) is 0 Å². The smallest absolute Gasteiger partial charge is 0.269 e. The number of nitrogens with one attached hydrogen (secondary N) is 4. The first-order valence-corrected chi connectivity index (χ1v) is 7.83. The maximum atomic E-state index is 10.6. The predicted octanol–water partition coefficient (Wildman–Crippen LogP) is 1.44. The Morgan fingerprint density at radius 1 is 1.26 bits per heavy atom. The molecule has 1 saturated heterocycles. The lowest BCUT2D eigenvalue weighted by Crippen LogP contribution is -2.49. The van der Waals surface area contributed by atoms with Crippen LogP contribution in [0.5, 0.6) is 0 Å². The van der Waals surface area contributed by atoms with Crippen LogP contribution < -0.4 is 21.5 Å². The van der Waals surface area contributed by atoms with Crippen LogP contribution >= 0.6 is 24.4 Å². The Kier molecular flexibility index (Phi) is 6.44. The van der Waals surface area contributed by atoms with Gasteiger partial charge in [0.25, 0.3) is 5.69 Å². The molecular weight excluding hydrogens is 338 g/mol. The van der Waals surface area contributed by atoms with E-state index in [1.165, 1.54) is 12.1 Å². The van der Waals surface area contributed by atoms with E-state index in [-0.39, 0.29) is 11.8 Å². The summed E-state index contributed by atoms with van der Waals surface area (Å²) in [6.07, 6.45) is 2.30. The van der Waals surface area contributed by atoms with E-state index in [4.69, 9.17) is 29.2 Å². The van der Waals surface area contributed by atoms with Crippen molar-refractivity contribution in [1.82, 2.24) is 16.2 Å². The molecule has 10 heteroatoms. The maximum Gasteiger partial charge on any atom is 0.269 e. The number of non-ortho nitro benzene ring substituents is 1. The molecule has 124 valence electrons. The fourth-order valence-electron chi connectivity index (χ4n) is 2.00. The van der Waals surface area contributed by atoms with Gasteiger partial charge in [-0.2, -0.15) is 0 Å². The van der Waals surface area contributed by atoms with E-state index in [9.17, 15) is 10.1 Å². The van der Waals surface area contributed by atoms with Crippen molar-refractivity contribution in [3.05, 3.63) is 34.4 Å². The Hall–Kier alpha value is -2.04. The molecule has 4 N–H and O–H groups in total. The average molecular weight is 355 g/mol. The van der Waals surface area contributed by atoms with Gasteiger partial charge < -0.3 is 15.4 Å². The van der Waals surface area contributed by atoms with E-state index < -0.39 is 4.92 Å². The van der Waals surface area contributed by atoms with Crippen LogP contribution in [0, 0.1) is 10.1 Å². The normalized spacial score (nSPS) is 16.4. The molecule has 0 saturated carbocycles. The molecule has 1 aromatic rings. The summed E-state index contributed by atoms with van der Waals surface area (Å²) >= 11 is 10.2. The molecule has 0 amide bonds. The number of anilines is 1. The van der Waals surface area contributed by atoms with E-state index in [2.05, 4.69) is 21.5 Å². The summed E-state index contributed by atoms with van der Waals surface area (Å²) in [6.45, 7) is 1.45. The van der Waals surface area contributed by atoms with Crippen LogP contribution in [0.1, 0.15) is 12.8 Å². The van der Waals surface area contributed by atoms with Crippen molar-refractivity contribution in [2.24, 2.45) is 0 Å². The molecule has 0 radical (unpaired) electrons. The van der Waals surface area contributed by atoms with Gasteiger partial charge in [-0.3, -0.25) is 21.0 Å². The van der Waals surface area contributed by atoms with Crippen molar-refractivity contribution >= 4 is 46.0 Å². The number of nitrogens with zero attached hydrogens (tertiary/aromatic N) is 1. The summed E-state index contributed by atoms with van der Waals surface area (Å²) in [7, 11) is 0. The van der Waals surface area contributed by atoms with Gasteiger partial charge >= 0.3 is 0 Å². The number of nitro groups is 1. The first-order chi connectivity index (χ1) is 11.0. The van der Waals surface area contributed by atoms with E-state index in [1.54, 1.807) is 12.1 Å². The second kappa shape index (κ2) is 8.56. The Morgan fingerprint density at radius 2 is 1.96 bits per heavy atom. The van der Waals surface area contributed by atoms with Crippen LogP contribution in [0.15, 0.2) is 24.3 Å². The molecule has 8 nitrogen and oxygen atoms in total. The van der Waals surface area contributed by atoms with Crippen LogP contribution in [-0.4, -0.2) is 34.4 Å². The first-order valence-electron chi connectivity index (χ1n) is 7.01. The summed E-state index contributed by atoms with van der Waals surface area (Å²) < 4.78 is 5.48. The minimum Gasteiger partial charge on any atom is -0.376 e. The quantitative estimate of drug-likeness (QED) is 0.363. The second-order valence-electron chi connectivity index (χ2n) is 4.85. The standard InChI is InChI=1S/C13H17N5O3S2/c19-18(20)10-5-3-9(4-6-10)15-13(23)17-16-12(22)14-8-11-2-1-7-21-11/h3-6,11H,1-2,7-8H2,(H2,14,16,22)(H2,15,17,23)/t11-/m1/s1. The summed E-state index contributed by atoms with van der Waals surface area (Å²) in [5.41, 5.74) is 6.15. The molecule has 1 aromatic carbocycles. The first kappa shape index (κ1) is 17.3. The van der Waals surface area contributed by atoms with Crippen LogP contribution in [-0.2, 0) is 4.74 Å². The van der Waals surface area contributed by atoms with Crippen LogP contribution in [0.3, 0.4) is 0 Å².